The van der Waals surface area contributed by atoms with E-state index in [2.05, 4.69) is 4.99 Å². The van der Waals surface area contributed by atoms with E-state index in [1.165, 1.54) is 11.0 Å². The Bertz CT molecular complexity index is 410. The number of hydrogen-bond acceptors (Lipinski definition) is 2. The lowest BCUT2D eigenvalue weighted by atomic mass is 10.2. The Balaban J connectivity index is 2.68. The average molecular weight is 217 g/mol. The number of guanidine groups is 1. The fraction of sp³-hybridized carbons (Fsp3) is 0.167. The van der Waals surface area contributed by atoms with Gasteiger partial charge in [-0.25, -0.2) is 0 Å². The van der Waals surface area contributed by atoms with E-state index in [-0.39, 0.29) is 11.9 Å². The van der Waals surface area contributed by atoms with E-state index < -0.39 is 0 Å². The lowest BCUT2D eigenvalue weighted by Gasteiger charge is -2.12. The van der Waals surface area contributed by atoms with Gasteiger partial charge in [0.1, 0.15) is 0 Å². The molecule has 1 amide bonds. The molecule has 0 aliphatic carbocycles. The molecule has 0 saturated carbocycles. The molecule has 0 unspecified atom stereocenters. The highest BCUT2D eigenvalue weighted by molar-refractivity contribution is 6.03. The van der Waals surface area contributed by atoms with Crippen LogP contribution in [0, 0.1) is 0 Å². The molecular formula is C12H15N3O. The highest BCUT2D eigenvalue weighted by Crippen LogP contribution is 2.01. The molecule has 84 valence electrons. The normalized spacial score (nSPS) is 11.8. The van der Waals surface area contributed by atoms with Gasteiger partial charge in [0.25, 0.3) is 5.91 Å². The van der Waals surface area contributed by atoms with Crippen LogP contribution in [0.1, 0.15) is 5.56 Å². The van der Waals surface area contributed by atoms with Crippen LogP contribution in [0.4, 0.5) is 0 Å². The zero-order valence-electron chi connectivity index (χ0n) is 9.42. The summed E-state index contributed by atoms with van der Waals surface area (Å²) in [7, 11) is 3.13. The maximum absolute atomic E-state index is 11.6. The van der Waals surface area contributed by atoms with Gasteiger partial charge in [-0.2, -0.15) is 0 Å². The number of nitrogens with two attached hydrogens (primary N) is 1. The lowest BCUT2D eigenvalue weighted by Crippen LogP contribution is -2.37. The fourth-order valence-corrected chi connectivity index (χ4v) is 1.11. The molecule has 0 fully saturated rings. The predicted molar refractivity (Wildman–Crippen MR) is 65.8 cm³/mol. The molecular weight excluding hydrogens is 202 g/mol. The molecule has 0 aliphatic heterocycles. The number of aliphatic imine (C=N–C) groups is 1. The molecule has 0 bridgehead atoms. The van der Waals surface area contributed by atoms with Crippen molar-refractivity contribution in [2.24, 2.45) is 10.7 Å². The van der Waals surface area contributed by atoms with Gasteiger partial charge in [0.15, 0.2) is 5.96 Å². The summed E-state index contributed by atoms with van der Waals surface area (Å²) in [4.78, 5) is 16.6. The Labute approximate surface area is 95.1 Å². The maximum Gasteiger partial charge on any atom is 0.253 e. The molecule has 4 heteroatoms. The van der Waals surface area contributed by atoms with Crippen molar-refractivity contribution in [3.63, 3.8) is 0 Å². The minimum Gasteiger partial charge on any atom is -0.369 e. The van der Waals surface area contributed by atoms with E-state index in [1.54, 1.807) is 20.2 Å². The van der Waals surface area contributed by atoms with Gasteiger partial charge in [-0.05, 0) is 11.6 Å². The zero-order valence-corrected chi connectivity index (χ0v) is 9.42. The van der Waals surface area contributed by atoms with Crippen LogP contribution in [-0.2, 0) is 4.79 Å². The Morgan fingerprint density at radius 3 is 2.56 bits per heavy atom. The molecule has 0 aromatic heterocycles. The first-order valence-corrected chi connectivity index (χ1v) is 4.88. The van der Waals surface area contributed by atoms with Crippen molar-refractivity contribution in [2.45, 2.75) is 0 Å². The number of benzene rings is 1. The van der Waals surface area contributed by atoms with Crippen LogP contribution < -0.4 is 5.73 Å². The minimum atomic E-state index is -0.202. The number of hydrogen-bond donors (Lipinski definition) is 1. The van der Waals surface area contributed by atoms with Crippen LogP contribution in [0.15, 0.2) is 41.4 Å². The number of nitrogens with zero attached hydrogens (tertiary/aromatic N) is 2. The van der Waals surface area contributed by atoms with Gasteiger partial charge in [0.2, 0.25) is 0 Å². The standard InChI is InChI=1S/C12H15N3O/c1-14-12(13)15(2)11(16)9-8-10-6-4-3-5-7-10/h3-9H,1-2H3,(H2,13,14). The summed E-state index contributed by atoms with van der Waals surface area (Å²) in [5.41, 5.74) is 6.48. The predicted octanol–water partition coefficient (Wildman–Crippen LogP) is 1.10. The van der Waals surface area contributed by atoms with E-state index in [0.717, 1.165) is 5.56 Å². The number of carbonyl (C=O) groups excluding carboxylic acids is 1. The SMILES string of the molecule is CN=C(N)N(C)C(=O)C=Cc1ccccc1. The largest absolute Gasteiger partial charge is 0.369 e. The van der Waals surface area contributed by atoms with Crippen LogP contribution in [0.5, 0.6) is 0 Å². The van der Waals surface area contributed by atoms with E-state index in [4.69, 9.17) is 5.73 Å². The van der Waals surface area contributed by atoms with Gasteiger partial charge in [0.05, 0.1) is 0 Å². The van der Waals surface area contributed by atoms with Gasteiger partial charge in [-0.15, -0.1) is 0 Å². The van der Waals surface area contributed by atoms with Crippen molar-refractivity contribution >= 4 is 17.9 Å². The summed E-state index contributed by atoms with van der Waals surface area (Å²) >= 11 is 0. The Kier molecular flexibility index (Phi) is 4.27. The average Bonchev–Trinajstić information content (AvgIpc) is 2.35. The first-order chi connectivity index (χ1) is 7.65. The van der Waals surface area contributed by atoms with Crippen molar-refractivity contribution < 1.29 is 4.79 Å². The number of likely N-dealkylation sites (N-methyl/N-ethyl adjacent to an activating group) is 1. The topological polar surface area (TPSA) is 58.7 Å². The van der Waals surface area contributed by atoms with Crippen molar-refractivity contribution in [1.29, 1.82) is 0 Å². The first kappa shape index (κ1) is 12.0. The third-order valence-corrected chi connectivity index (χ3v) is 2.12. The molecule has 16 heavy (non-hydrogen) atoms. The molecule has 0 saturated heterocycles. The quantitative estimate of drug-likeness (QED) is 0.458. The molecule has 2 N–H and O–H groups in total. The molecule has 0 spiro atoms. The van der Waals surface area contributed by atoms with Gasteiger partial charge < -0.3 is 5.73 Å². The van der Waals surface area contributed by atoms with E-state index in [1.807, 2.05) is 30.3 Å². The summed E-state index contributed by atoms with van der Waals surface area (Å²) in [5.74, 6) is -0.00494. The van der Waals surface area contributed by atoms with Crippen LogP contribution >= 0.6 is 0 Å². The van der Waals surface area contributed by atoms with Crippen molar-refractivity contribution in [2.75, 3.05) is 14.1 Å². The smallest absolute Gasteiger partial charge is 0.253 e. The molecule has 1 aromatic rings. The van der Waals surface area contributed by atoms with Gasteiger partial charge in [-0.1, -0.05) is 30.3 Å². The third kappa shape index (κ3) is 3.24. The molecule has 4 nitrogen and oxygen atoms in total. The second kappa shape index (κ2) is 5.70. The van der Waals surface area contributed by atoms with E-state index >= 15 is 0 Å². The lowest BCUT2D eigenvalue weighted by molar-refractivity contribution is -0.121. The molecule has 0 atom stereocenters. The van der Waals surface area contributed by atoms with Crippen LogP contribution in [0.25, 0.3) is 6.08 Å². The van der Waals surface area contributed by atoms with Crippen LogP contribution in [-0.4, -0.2) is 30.9 Å². The Morgan fingerprint density at radius 2 is 2.00 bits per heavy atom. The Morgan fingerprint density at radius 1 is 1.38 bits per heavy atom. The summed E-state index contributed by atoms with van der Waals surface area (Å²) in [5, 5.41) is 0. The number of carbonyl (C=O) groups is 1. The molecule has 1 rings (SSSR count). The summed E-state index contributed by atoms with van der Waals surface area (Å²) in [6.45, 7) is 0. The maximum atomic E-state index is 11.6. The van der Waals surface area contributed by atoms with E-state index in [9.17, 15) is 4.79 Å². The van der Waals surface area contributed by atoms with Gasteiger partial charge >= 0.3 is 0 Å². The van der Waals surface area contributed by atoms with Crippen LogP contribution in [0.2, 0.25) is 0 Å². The van der Waals surface area contributed by atoms with Crippen molar-refractivity contribution in [3.8, 4) is 0 Å². The van der Waals surface area contributed by atoms with Gasteiger partial charge in [-0.3, -0.25) is 14.7 Å². The minimum absolute atomic E-state index is 0.197. The second-order valence-corrected chi connectivity index (χ2v) is 3.22. The molecule has 1 aromatic carbocycles. The number of rotatable bonds is 2. The summed E-state index contributed by atoms with van der Waals surface area (Å²) < 4.78 is 0. The van der Waals surface area contributed by atoms with Crippen LogP contribution in [0.3, 0.4) is 0 Å². The molecule has 0 aliphatic rings. The first-order valence-electron chi connectivity index (χ1n) is 4.88. The second-order valence-electron chi connectivity index (χ2n) is 3.22. The Hall–Kier alpha value is -2.10. The molecule has 0 radical (unpaired) electrons. The zero-order chi connectivity index (χ0) is 12.0. The summed E-state index contributed by atoms with van der Waals surface area (Å²) in [6, 6.07) is 9.58. The summed E-state index contributed by atoms with van der Waals surface area (Å²) in [6.07, 6.45) is 3.20. The molecule has 0 heterocycles. The third-order valence-electron chi connectivity index (χ3n) is 2.12. The highest BCUT2D eigenvalue weighted by Gasteiger charge is 2.07. The number of amides is 1. The van der Waals surface area contributed by atoms with Gasteiger partial charge in [0, 0.05) is 20.2 Å². The highest BCUT2D eigenvalue weighted by atomic mass is 16.2. The van der Waals surface area contributed by atoms with E-state index in [0.29, 0.717) is 0 Å². The monoisotopic (exact) mass is 217 g/mol. The van der Waals surface area contributed by atoms with Crippen molar-refractivity contribution in [1.82, 2.24) is 4.90 Å². The van der Waals surface area contributed by atoms with Crippen molar-refractivity contribution in [3.05, 3.63) is 42.0 Å². The fourth-order valence-electron chi connectivity index (χ4n) is 1.11.